The SMILES string of the molecule is Cc1cc(Nc2nc(-c3sccc3CN)cn3c(-c4cnn(C)c4)cnc23)sn1. The van der Waals surface area contributed by atoms with Crippen LogP contribution in [0.2, 0.25) is 0 Å². The molecular formula is C19H18N8S2. The quantitative estimate of drug-likeness (QED) is 0.447. The van der Waals surface area contributed by atoms with Crippen molar-refractivity contribution < 1.29 is 0 Å². The number of aryl methyl sites for hydroxylation is 2. The highest BCUT2D eigenvalue weighted by Gasteiger charge is 2.17. The molecule has 0 aliphatic carbocycles. The van der Waals surface area contributed by atoms with E-state index in [0.29, 0.717) is 12.4 Å². The van der Waals surface area contributed by atoms with E-state index >= 15 is 0 Å². The summed E-state index contributed by atoms with van der Waals surface area (Å²) in [4.78, 5) is 10.6. The van der Waals surface area contributed by atoms with Crippen molar-refractivity contribution in [1.29, 1.82) is 0 Å². The van der Waals surface area contributed by atoms with Gasteiger partial charge in [-0.3, -0.25) is 9.08 Å². The minimum absolute atomic E-state index is 0.467. The van der Waals surface area contributed by atoms with E-state index in [1.54, 1.807) is 16.0 Å². The number of imidazole rings is 1. The van der Waals surface area contributed by atoms with E-state index in [4.69, 9.17) is 10.7 Å². The number of nitrogens with two attached hydrogens (primary N) is 1. The molecule has 29 heavy (non-hydrogen) atoms. The van der Waals surface area contributed by atoms with Crippen molar-refractivity contribution in [3.63, 3.8) is 0 Å². The molecule has 0 radical (unpaired) electrons. The predicted octanol–water partition coefficient (Wildman–Crippen LogP) is 3.83. The van der Waals surface area contributed by atoms with E-state index in [-0.39, 0.29) is 0 Å². The third-order valence-electron chi connectivity index (χ3n) is 4.56. The lowest BCUT2D eigenvalue weighted by atomic mass is 10.2. The number of thiophene rings is 1. The number of hydrogen-bond acceptors (Lipinski definition) is 8. The van der Waals surface area contributed by atoms with E-state index in [1.165, 1.54) is 11.5 Å². The zero-order valence-electron chi connectivity index (χ0n) is 15.8. The van der Waals surface area contributed by atoms with Crippen LogP contribution in [0.3, 0.4) is 0 Å². The largest absolute Gasteiger partial charge is 0.328 e. The second kappa shape index (κ2) is 7.07. The molecule has 5 aromatic rings. The Hall–Kier alpha value is -3.08. The summed E-state index contributed by atoms with van der Waals surface area (Å²) in [6.45, 7) is 2.44. The summed E-state index contributed by atoms with van der Waals surface area (Å²) in [7, 11) is 1.90. The molecule has 0 bridgehead atoms. The Morgan fingerprint density at radius 2 is 2.14 bits per heavy atom. The summed E-state index contributed by atoms with van der Waals surface area (Å²) in [5, 5.41) is 10.6. The van der Waals surface area contributed by atoms with E-state index in [9.17, 15) is 0 Å². The van der Waals surface area contributed by atoms with Crippen molar-refractivity contribution in [2.75, 3.05) is 5.32 Å². The van der Waals surface area contributed by atoms with Crippen molar-refractivity contribution in [2.45, 2.75) is 13.5 Å². The van der Waals surface area contributed by atoms with Crippen LogP contribution in [0.15, 0.2) is 42.3 Å². The highest BCUT2D eigenvalue weighted by Crippen LogP contribution is 2.33. The van der Waals surface area contributed by atoms with E-state index in [2.05, 4.69) is 24.2 Å². The van der Waals surface area contributed by atoms with Gasteiger partial charge >= 0.3 is 0 Å². The first kappa shape index (κ1) is 18.0. The summed E-state index contributed by atoms with van der Waals surface area (Å²) in [6, 6.07) is 4.04. The van der Waals surface area contributed by atoms with Crippen molar-refractivity contribution in [3.8, 4) is 21.8 Å². The van der Waals surface area contributed by atoms with Gasteiger partial charge in [0.05, 0.1) is 34.4 Å². The monoisotopic (exact) mass is 422 g/mol. The minimum atomic E-state index is 0.467. The average molecular weight is 423 g/mol. The average Bonchev–Trinajstić information content (AvgIpc) is 3.48. The molecule has 146 valence electrons. The molecule has 0 unspecified atom stereocenters. The third kappa shape index (κ3) is 3.20. The molecule has 0 atom stereocenters. The molecule has 0 amide bonds. The molecule has 0 aliphatic heterocycles. The summed E-state index contributed by atoms with van der Waals surface area (Å²) < 4.78 is 8.18. The fourth-order valence-electron chi connectivity index (χ4n) is 3.21. The third-order valence-corrected chi connectivity index (χ3v) is 6.34. The minimum Gasteiger partial charge on any atom is -0.328 e. The van der Waals surface area contributed by atoms with E-state index in [1.807, 2.05) is 56.3 Å². The zero-order valence-corrected chi connectivity index (χ0v) is 17.5. The number of nitrogens with one attached hydrogen (secondary N) is 1. The molecule has 0 aliphatic rings. The fraction of sp³-hybridized carbons (Fsp3) is 0.158. The lowest BCUT2D eigenvalue weighted by Gasteiger charge is -2.10. The summed E-state index contributed by atoms with van der Waals surface area (Å²) in [5.41, 5.74) is 11.5. The highest BCUT2D eigenvalue weighted by atomic mass is 32.1. The lowest BCUT2D eigenvalue weighted by molar-refractivity contribution is 0.768. The van der Waals surface area contributed by atoms with Gasteiger partial charge in [-0.15, -0.1) is 11.3 Å². The first-order valence-electron chi connectivity index (χ1n) is 8.96. The highest BCUT2D eigenvalue weighted by molar-refractivity contribution is 7.13. The lowest BCUT2D eigenvalue weighted by Crippen LogP contribution is -2.02. The van der Waals surface area contributed by atoms with E-state index < -0.39 is 0 Å². The van der Waals surface area contributed by atoms with Gasteiger partial charge in [0.25, 0.3) is 0 Å². The Morgan fingerprint density at radius 1 is 1.24 bits per heavy atom. The van der Waals surface area contributed by atoms with Gasteiger partial charge in [-0.25, -0.2) is 9.97 Å². The molecule has 0 fully saturated rings. The molecule has 0 saturated heterocycles. The molecule has 8 nitrogen and oxygen atoms in total. The first-order chi connectivity index (χ1) is 14.1. The molecule has 5 aromatic heterocycles. The van der Waals surface area contributed by atoms with Crippen molar-refractivity contribution >= 4 is 39.3 Å². The van der Waals surface area contributed by atoms with E-state index in [0.717, 1.165) is 43.7 Å². The number of nitrogens with zero attached hydrogens (tertiary/aromatic N) is 6. The van der Waals surface area contributed by atoms with Gasteiger partial charge in [0.15, 0.2) is 11.5 Å². The van der Waals surface area contributed by atoms with Crippen LogP contribution in [-0.4, -0.2) is 28.5 Å². The topological polar surface area (TPSA) is 98.9 Å². The number of aromatic nitrogens is 6. The van der Waals surface area contributed by atoms with Crippen molar-refractivity contribution in [1.82, 2.24) is 28.5 Å². The van der Waals surface area contributed by atoms with Gasteiger partial charge in [0.1, 0.15) is 5.00 Å². The maximum absolute atomic E-state index is 5.94. The Bertz CT molecular complexity index is 1310. The fourth-order valence-corrected chi connectivity index (χ4v) is 4.76. The number of hydrogen-bond donors (Lipinski definition) is 2. The van der Waals surface area contributed by atoms with Crippen LogP contribution in [0.5, 0.6) is 0 Å². The maximum Gasteiger partial charge on any atom is 0.181 e. The summed E-state index contributed by atoms with van der Waals surface area (Å²) in [6.07, 6.45) is 7.66. The molecule has 0 aromatic carbocycles. The number of anilines is 2. The van der Waals surface area contributed by atoms with Crippen LogP contribution in [0, 0.1) is 6.92 Å². The molecule has 0 saturated carbocycles. The Morgan fingerprint density at radius 3 is 2.86 bits per heavy atom. The van der Waals surface area contributed by atoms with Gasteiger partial charge in [-0.1, -0.05) is 0 Å². The van der Waals surface area contributed by atoms with Crippen LogP contribution in [-0.2, 0) is 13.6 Å². The molecule has 0 spiro atoms. The van der Waals surface area contributed by atoms with Crippen LogP contribution < -0.4 is 11.1 Å². The van der Waals surface area contributed by atoms with Gasteiger partial charge in [-0.2, -0.15) is 9.47 Å². The molecule has 5 rings (SSSR count). The number of fused-ring (bicyclic) bond motifs is 1. The second-order valence-corrected chi connectivity index (χ2v) is 8.37. The smallest absolute Gasteiger partial charge is 0.181 e. The molecule has 3 N–H and O–H groups in total. The molecule has 10 heteroatoms. The van der Waals surface area contributed by atoms with Gasteiger partial charge < -0.3 is 11.1 Å². The second-order valence-electron chi connectivity index (χ2n) is 6.65. The number of rotatable bonds is 5. The van der Waals surface area contributed by atoms with Crippen molar-refractivity contribution in [2.24, 2.45) is 12.8 Å². The Balaban J connectivity index is 1.72. The van der Waals surface area contributed by atoms with Crippen molar-refractivity contribution in [3.05, 3.63) is 53.6 Å². The Labute approximate surface area is 174 Å². The predicted molar refractivity (Wildman–Crippen MR) is 117 cm³/mol. The molecule has 5 heterocycles. The van der Waals surface area contributed by atoms with Crippen LogP contribution >= 0.6 is 22.9 Å². The van der Waals surface area contributed by atoms with Gasteiger partial charge in [0.2, 0.25) is 0 Å². The standard InChI is InChI=1S/C19H18N8S2/c1-11-5-16(29-25-11)24-18-19-21-8-15(13-7-22-26(2)9-13)27(19)10-14(23-18)17-12(6-20)3-4-28-17/h3-5,7-10H,6,20H2,1-2H3,(H,23,24). The zero-order chi connectivity index (χ0) is 20.0. The summed E-state index contributed by atoms with van der Waals surface area (Å²) >= 11 is 3.03. The maximum atomic E-state index is 5.94. The summed E-state index contributed by atoms with van der Waals surface area (Å²) in [5.74, 6) is 0.678. The first-order valence-corrected chi connectivity index (χ1v) is 10.6. The van der Waals surface area contributed by atoms with Gasteiger partial charge in [0, 0.05) is 31.5 Å². The van der Waals surface area contributed by atoms with Crippen LogP contribution in [0.1, 0.15) is 11.3 Å². The van der Waals surface area contributed by atoms with Crippen LogP contribution in [0.25, 0.3) is 27.5 Å². The Kier molecular flexibility index (Phi) is 4.38. The van der Waals surface area contributed by atoms with Crippen LogP contribution in [0.4, 0.5) is 10.8 Å². The normalized spacial score (nSPS) is 11.4. The van der Waals surface area contributed by atoms with Gasteiger partial charge in [-0.05, 0) is 41.5 Å². The molecular weight excluding hydrogens is 404 g/mol.